The topological polar surface area (TPSA) is 32.3 Å². The van der Waals surface area contributed by atoms with E-state index in [1.165, 1.54) is 11.1 Å². The van der Waals surface area contributed by atoms with Crippen molar-refractivity contribution in [2.75, 3.05) is 6.54 Å². The molecule has 0 spiro atoms. The summed E-state index contributed by atoms with van der Waals surface area (Å²) in [4.78, 5) is 0. The zero-order valence-electron chi connectivity index (χ0n) is 12.1. The molecule has 2 atom stereocenters. The quantitative estimate of drug-likeness (QED) is 0.836. The van der Waals surface area contributed by atoms with Crippen molar-refractivity contribution in [1.29, 1.82) is 0 Å². The van der Waals surface area contributed by atoms with E-state index < -0.39 is 6.10 Å². The van der Waals surface area contributed by atoms with E-state index in [1.807, 2.05) is 12.1 Å². The van der Waals surface area contributed by atoms with Crippen LogP contribution in [0.25, 0.3) is 0 Å². The highest BCUT2D eigenvalue weighted by atomic mass is 35.5. The van der Waals surface area contributed by atoms with Gasteiger partial charge in [-0.1, -0.05) is 47.5 Å². The average molecular weight is 324 g/mol. The van der Waals surface area contributed by atoms with E-state index in [0.717, 1.165) is 0 Å². The lowest BCUT2D eigenvalue weighted by Crippen LogP contribution is -2.25. The Labute approximate surface area is 135 Å². The minimum Gasteiger partial charge on any atom is -0.387 e. The van der Waals surface area contributed by atoms with Crippen molar-refractivity contribution in [1.82, 2.24) is 5.32 Å². The summed E-state index contributed by atoms with van der Waals surface area (Å²) in [6.07, 6.45) is -0.692. The van der Waals surface area contributed by atoms with Crippen molar-refractivity contribution >= 4 is 23.2 Å². The van der Waals surface area contributed by atoms with E-state index in [0.29, 0.717) is 22.2 Å². The second-order valence-electron chi connectivity index (χ2n) is 5.17. The van der Waals surface area contributed by atoms with E-state index in [9.17, 15) is 5.11 Å². The zero-order valence-corrected chi connectivity index (χ0v) is 13.6. The number of hydrogen-bond donors (Lipinski definition) is 2. The van der Waals surface area contributed by atoms with Crippen molar-refractivity contribution in [3.8, 4) is 0 Å². The molecule has 2 nitrogen and oxygen atoms in total. The number of benzene rings is 2. The summed E-state index contributed by atoms with van der Waals surface area (Å²) in [5, 5.41) is 14.7. The number of aliphatic hydroxyl groups is 1. The Bertz CT molecular complexity index is 615. The van der Waals surface area contributed by atoms with Crippen LogP contribution in [-0.2, 0) is 0 Å². The summed E-state index contributed by atoms with van der Waals surface area (Å²) < 4.78 is 0. The second kappa shape index (κ2) is 7.28. The molecule has 4 heteroatoms. The van der Waals surface area contributed by atoms with Gasteiger partial charge in [-0.25, -0.2) is 0 Å². The number of aryl methyl sites for hydroxylation is 1. The Balaban J connectivity index is 2.02. The Morgan fingerprint density at radius 3 is 2.52 bits per heavy atom. The average Bonchev–Trinajstić information content (AvgIpc) is 2.47. The second-order valence-corrected chi connectivity index (χ2v) is 6.01. The molecule has 112 valence electrons. The Kier molecular flexibility index (Phi) is 5.65. The third-order valence-corrected chi connectivity index (χ3v) is 4.17. The lowest BCUT2D eigenvalue weighted by molar-refractivity contribution is 0.171. The van der Waals surface area contributed by atoms with Gasteiger partial charge in [-0.2, -0.15) is 0 Å². The normalized spacial score (nSPS) is 14.0. The summed E-state index contributed by atoms with van der Waals surface area (Å²) in [6.45, 7) is 4.57. The molecule has 0 bridgehead atoms. The molecule has 0 aliphatic heterocycles. The van der Waals surface area contributed by atoms with Gasteiger partial charge < -0.3 is 10.4 Å². The first-order valence-corrected chi connectivity index (χ1v) is 7.66. The van der Waals surface area contributed by atoms with Crippen molar-refractivity contribution in [2.45, 2.75) is 26.0 Å². The molecule has 2 aromatic rings. The Morgan fingerprint density at radius 2 is 1.81 bits per heavy atom. The third-order valence-electron chi connectivity index (χ3n) is 3.59. The fraction of sp³-hybridized carbons (Fsp3) is 0.294. The summed E-state index contributed by atoms with van der Waals surface area (Å²) in [7, 11) is 0. The molecule has 2 rings (SSSR count). The minimum absolute atomic E-state index is 0.152. The molecular weight excluding hydrogens is 305 g/mol. The van der Waals surface area contributed by atoms with Crippen LogP contribution in [-0.4, -0.2) is 11.7 Å². The number of rotatable bonds is 5. The standard InChI is InChI=1S/C17H19Cl2NO/c1-11-5-3-4-6-14(11)12(2)20-10-17(21)15-9-13(18)7-8-16(15)19/h3-9,12,17,20-21H,10H2,1-2H3. The van der Waals surface area contributed by atoms with Crippen LogP contribution in [0.4, 0.5) is 0 Å². The maximum absolute atomic E-state index is 10.3. The molecule has 0 amide bonds. The summed E-state index contributed by atoms with van der Waals surface area (Å²) in [5.41, 5.74) is 3.10. The van der Waals surface area contributed by atoms with E-state index in [4.69, 9.17) is 23.2 Å². The monoisotopic (exact) mass is 323 g/mol. The van der Waals surface area contributed by atoms with Gasteiger partial charge in [0, 0.05) is 28.2 Å². The van der Waals surface area contributed by atoms with Crippen molar-refractivity contribution in [3.05, 3.63) is 69.2 Å². The highest BCUT2D eigenvalue weighted by Gasteiger charge is 2.14. The highest BCUT2D eigenvalue weighted by Crippen LogP contribution is 2.26. The maximum atomic E-state index is 10.3. The number of aliphatic hydroxyl groups excluding tert-OH is 1. The molecule has 2 N–H and O–H groups in total. The van der Waals surface area contributed by atoms with Gasteiger partial charge in [0.15, 0.2) is 0 Å². The smallest absolute Gasteiger partial charge is 0.0929 e. The van der Waals surface area contributed by atoms with E-state index >= 15 is 0 Å². The van der Waals surface area contributed by atoms with Crippen molar-refractivity contribution in [2.24, 2.45) is 0 Å². The fourth-order valence-corrected chi connectivity index (χ4v) is 2.77. The zero-order chi connectivity index (χ0) is 15.4. The highest BCUT2D eigenvalue weighted by molar-refractivity contribution is 6.33. The molecule has 0 aliphatic carbocycles. The first kappa shape index (κ1) is 16.3. The summed E-state index contributed by atoms with van der Waals surface area (Å²) in [5.74, 6) is 0. The minimum atomic E-state index is -0.692. The van der Waals surface area contributed by atoms with E-state index in [2.05, 4.69) is 31.3 Å². The predicted octanol–water partition coefficient (Wildman–Crippen LogP) is 4.69. The molecule has 0 heterocycles. The summed E-state index contributed by atoms with van der Waals surface area (Å²) >= 11 is 12.1. The molecule has 0 aromatic heterocycles. The van der Waals surface area contributed by atoms with E-state index in [1.54, 1.807) is 18.2 Å². The van der Waals surface area contributed by atoms with E-state index in [-0.39, 0.29) is 6.04 Å². The molecular formula is C17H19Cl2NO. The lowest BCUT2D eigenvalue weighted by atomic mass is 10.0. The lowest BCUT2D eigenvalue weighted by Gasteiger charge is -2.20. The molecule has 2 unspecified atom stereocenters. The van der Waals surface area contributed by atoms with Gasteiger partial charge in [0.25, 0.3) is 0 Å². The predicted molar refractivity (Wildman–Crippen MR) is 89.0 cm³/mol. The van der Waals surface area contributed by atoms with Crippen molar-refractivity contribution < 1.29 is 5.11 Å². The molecule has 0 aliphatic rings. The van der Waals surface area contributed by atoms with Crippen molar-refractivity contribution in [3.63, 3.8) is 0 Å². The first-order valence-electron chi connectivity index (χ1n) is 6.91. The first-order chi connectivity index (χ1) is 9.99. The van der Waals surface area contributed by atoms with Crippen LogP contribution in [0.3, 0.4) is 0 Å². The van der Waals surface area contributed by atoms with Crippen LogP contribution in [0.2, 0.25) is 10.0 Å². The van der Waals surface area contributed by atoms with Crippen LogP contribution in [0, 0.1) is 6.92 Å². The molecule has 0 fully saturated rings. The van der Waals surface area contributed by atoms with Crippen LogP contribution >= 0.6 is 23.2 Å². The third kappa shape index (κ3) is 4.21. The van der Waals surface area contributed by atoms with Gasteiger partial charge in [-0.3, -0.25) is 0 Å². The molecule has 2 aromatic carbocycles. The maximum Gasteiger partial charge on any atom is 0.0929 e. The van der Waals surface area contributed by atoms with Crippen LogP contribution in [0.15, 0.2) is 42.5 Å². The van der Waals surface area contributed by atoms with Crippen LogP contribution < -0.4 is 5.32 Å². The summed E-state index contributed by atoms with van der Waals surface area (Å²) in [6, 6.07) is 13.5. The SMILES string of the molecule is Cc1ccccc1C(C)NCC(O)c1cc(Cl)ccc1Cl. The van der Waals surface area contributed by atoms with Gasteiger partial charge in [0.1, 0.15) is 0 Å². The molecule has 21 heavy (non-hydrogen) atoms. The Hall–Kier alpha value is -1.06. The van der Waals surface area contributed by atoms with Gasteiger partial charge in [-0.15, -0.1) is 0 Å². The largest absolute Gasteiger partial charge is 0.387 e. The van der Waals surface area contributed by atoms with Gasteiger partial charge in [-0.05, 0) is 43.2 Å². The number of halogens is 2. The van der Waals surface area contributed by atoms with Gasteiger partial charge in [0.2, 0.25) is 0 Å². The van der Waals surface area contributed by atoms with Gasteiger partial charge >= 0.3 is 0 Å². The molecule has 0 radical (unpaired) electrons. The van der Waals surface area contributed by atoms with Crippen LogP contribution in [0.1, 0.15) is 35.8 Å². The number of hydrogen-bond acceptors (Lipinski definition) is 2. The fourth-order valence-electron chi connectivity index (χ4n) is 2.35. The molecule has 0 saturated heterocycles. The van der Waals surface area contributed by atoms with Gasteiger partial charge in [0.05, 0.1) is 6.10 Å². The number of nitrogens with one attached hydrogen (secondary N) is 1. The Morgan fingerprint density at radius 1 is 1.10 bits per heavy atom. The van der Waals surface area contributed by atoms with Crippen LogP contribution in [0.5, 0.6) is 0 Å². The molecule has 0 saturated carbocycles.